The van der Waals surface area contributed by atoms with Crippen molar-refractivity contribution in [3.8, 4) is 5.75 Å². The zero-order valence-electron chi connectivity index (χ0n) is 13.2. The summed E-state index contributed by atoms with van der Waals surface area (Å²) in [7, 11) is 3.59. The molecular formula is C17H25N3O. The van der Waals surface area contributed by atoms with Crippen molar-refractivity contribution in [2.45, 2.75) is 31.7 Å². The zero-order valence-corrected chi connectivity index (χ0v) is 13.2. The molecule has 1 saturated heterocycles. The van der Waals surface area contributed by atoms with Crippen LogP contribution in [0.3, 0.4) is 0 Å². The van der Waals surface area contributed by atoms with Gasteiger partial charge in [-0.3, -0.25) is 4.99 Å². The van der Waals surface area contributed by atoms with Crippen LogP contribution < -0.4 is 10.1 Å². The molecule has 114 valence electrons. The Morgan fingerprint density at radius 3 is 2.62 bits per heavy atom. The number of hydrogen-bond acceptors (Lipinski definition) is 2. The lowest BCUT2D eigenvalue weighted by atomic mass is 9.98. The molecule has 3 atom stereocenters. The van der Waals surface area contributed by atoms with Gasteiger partial charge in [0.05, 0.1) is 7.11 Å². The molecule has 21 heavy (non-hydrogen) atoms. The monoisotopic (exact) mass is 287 g/mol. The van der Waals surface area contributed by atoms with Gasteiger partial charge in [-0.2, -0.15) is 0 Å². The molecule has 3 unspecified atom stereocenters. The van der Waals surface area contributed by atoms with Crippen LogP contribution in [0.25, 0.3) is 0 Å². The summed E-state index contributed by atoms with van der Waals surface area (Å²) in [4.78, 5) is 6.84. The maximum Gasteiger partial charge on any atom is 0.193 e. The smallest absolute Gasteiger partial charge is 0.193 e. The largest absolute Gasteiger partial charge is 0.497 e. The molecule has 1 aromatic carbocycles. The fraction of sp³-hybridized carbons (Fsp3) is 0.588. The van der Waals surface area contributed by atoms with Crippen molar-refractivity contribution in [1.82, 2.24) is 10.2 Å². The molecular weight excluding hydrogens is 262 g/mol. The van der Waals surface area contributed by atoms with Crippen molar-refractivity contribution in [2.75, 3.05) is 27.2 Å². The van der Waals surface area contributed by atoms with Gasteiger partial charge in [0.15, 0.2) is 5.96 Å². The molecule has 1 saturated carbocycles. The van der Waals surface area contributed by atoms with E-state index >= 15 is 0 Å². The summed E-state index contributed by atoms with van der Waals surface area (Å²) in [6.07, 6.45) is 2.46. The van der Waals surface area contributed by atoms with Gasteiger partial charge in [-0.25, -0.2) is 0 Å². The van der Waals surface area contributed by atoms with E-state index in [4.69, 9.17) is 4.74 Å². The Kier molecular flexibility index (Phi) is 4.04. The topological polar surface area (TPSA) is 36.9 Å². The first kappa shape index (κ1) is 14.2. The van der Waals surface area contributed by atoms with Crippen LogP contribution in [0, 0.1) is 5.92 Å². The number of ether oxygens (including phenoxy) is 1. The molecule has 2 aliphatic rings. The number of hydrogen-bond donors (Lipinski definition) is 1. The molecule has 4 heteroatoms. The van der Waals surface area contributed by atoms with Gasteiger partial charge in [-0.1, -0.05) is 19.1 Å². The number of nitrogens with zero attached hydrogens (tertiary/aromatic N) is 2. The maximum absolute atomic E-state index is 5.23. The highest BCUT2D eigenvalue weighted by Gasteiger charge is 2.35. The molecule has 2 fully saturated rings. The Morgan fingerprint density at radius 2 is 2.05 bits per heavy atom. The number of guanidine groups is 1. The SMILES string of the molecule is CN=C(NC1CC1C)N1CCC(c2ccc(OC)cc2)C1. The van der Waals surface area contributed by atoms with Crippen molar-refractivity contribution in [3.63, 3.8) is 0 Å². The first-order valence-electron chi connectivity index (χ1n) is 7.83. The van der Waals surface area contributed by atoms with Gasteiger partial charge in [0, 0.05) is 32.1 Å². The number of benzene rings is 1. The highest BCUT2D eigenvalue weighted by Crippen LogP contribution is 2.31. The van der Waals surface area contributed by atoms with E-state index in [0.29, 0.717) is 12.0 Å². The normalized spacial score (nSPS) is 28.6. The lowest BCUT2D eigenvalue weighted by molar-refractivity contribution is 0.414. The first-order chi connectivity index (χ1) is 10.2. The summed E-state index contributed by atoms with van der Waals surface area (Å²) in [6, 6.07) is 9.11. The fourth-order valence-electron chi connectivity index (χ4n) is 3.09. The number of nitrogens with one attached hydrogen (secondary N) is 1. The minimum Gasteiger partial charge on any atom is -0.497 e. The summed E-state index contributed by atoms with van der Waals surface area (Å²) in [6.45, 7) is 4.42. The fourth-order valence-corrected chi connectivity index (χ4v) is 3.09. The average molecular weight is 287 g/mol. The number of methoxy groups -OCH3 is 1. The Labute approximate surface area is 127 Å². The Balaban J connectivity index is 1.61. The predicted molar refractivity (Wildman–Crippen MR) is 86.0 cm³/mol. The van der Waals surface area contributed by atoms with Crippen molar-refractivity contribution in [1.29, 1.82) is 0 Å². The van der Waals surface area contributed by atoms with Crippen LogP contribution in [0.15, 0.2) is 29.3 Å². The lowest BCUT2D eigenvalue weighted by Gasteiger charge is -2.22. The third-order valence-electron chi connectivity index (χ3n) is 4.71. The third-order valence-corrected chi connectivity index (χ3v) is 4.71. The van der Waals surface area contributed by atoms with Gasteiger partial charge in [-0.05, 0) is 36.5 Å². The zero-order chi connectivity index (χ0) is 14.8. The highest BCUT2D eigenvalue weighted by molar-refractivity contribution is 5.81. The molecule has 4 nitrogen and oxygen atoms in total. The second-order valence-electron chi connectivity index (χ2n) is 6.22. The number of rotatable bonds is 3. The van der Waals surface area contributed by atoms with Gasteiger partial charge in [0.1, 0.15) is 5.75 Å². The van der Waals surface area contributed by atoms with Crippen molar-refractivity contribution < 1.29 is 4.74 Å². The minimum atomic E-state index is 0.589. The van der Waals surface area contributed by atoms with Gasteiger partial charge in [0.25, 0.3) is 0 Å². The van der Waals surface area contributed by atoms with E-state index in [0.717, 1.165) is 30.7 Å². The third kappa shape index (κ3) is 3.14. The lowest BCUT2D eigenvalue weighted by Crippen LogP contribution is -2.41. The summed E-state index contributed by atoms with van der Waals surface area (Å²) >= 11 is 0. The molecule has 0 bridgehead atoms. The van der Waals surface area contributed by atoms with Crippen LogP contribution in [0.5, 0.6) is 5.75 Å². The Bertz CT molecular complexity index is 511. The van der Waals surface area contributed by atoms with Crippen LogP contribution in [0.2, 0.25) is 0 Å². The summed E-state index contributed by atoms with van der Waals surface area (Å²) in [5.41, 5.74) is 1.40. The van der Waals surface area contributed by atoms with Crippen molar-refractivity contribution >= 4 is 5.96 Å². The second-order valence-corrected chi connectivity index (χ2v) is 6.22. The summed E-state index contributed by atoms with van der Waals surface area (Å²) in [5.74, 6) is 3.38. The van der Waals surface area contributed by atoms with Gasteiger partial charge in [-0.15, -0.1) is 0 Å². The van der Waals surface area contributed by atoms with Crippen molar-refractivity contribution in [2.24, 2.45) is 10.9 Å². The van der Waals surface area contributed by atoms with E-state index in [9.17, 15) is 0 Å². The van der Waals surface area contributed by atoms with Crippen LogP contribution in [-0.2, 0) is 0 Å². The Hall–Kier alpha value is -1.71. The van der Waals surface area contributed by atoms with E-state index in [1.165, 1.54) is 18.4 Å². The first-order valence-corrected chi connectivity index (χ1v) is 7.83. The molecule has 1 aliphatic heterocycles. The predicted octanol–water partition coefficient (Wildman–Crippen LogP) is 2.47. The molecule has 1 aromatic rings. The van der Waals surface area contributed by atoms with Crippen LogP contribution in [0.4, 0.5) is 0 Å². The van der Waals surface area contributed by atoms with E-state index in [2.05, 4.69) is 46.4 Å². The average Bonchev–Trinajstić information content (AvgIpc) is 3.02. The molecule has 0 aromatic heterocycles. The van der Waals surface area contributed by atoms with Crippen LogP contribution >= 0.6 is 0 Å². The second kappa shape index (κ2) is 5.96. The summed E-state index contributed by atoms with van der Waals surface area (Å²) < 4.78 is 5.23. The van der Waals surface area contributed by atoms with E-state index in [1.807, 2.05) is 7.05 Å². The Morgan fingerprint density at radius 1 is 1.33 bits per heavy atom. The van der Waals surface area contributed by atoms with Crippen molar-refractivity contribution in [3.05, 3.63) is 29.8 Å². The van der Waals surface area contributed by atoms with Gasteiger partial charge in [0.2, 0.25) is 0 Å². The van der Waals surface area contributed by atoms with E-state index in [-0.39, 0.29) is 0 Å². The van der Waals surface area contributed by atoms with Crippen LogP contribution in [0.1, 0.15) is 31.2 Å². The summed E-state index contributed by atoms with van der Waals surface area (Å²) in [5, 5.41) is 3.58. The number of aliphatic imine (C=N–C) groups is 1. The highest BCUT2D eigenvalue weighted by atomic mass is 16.5. The molecule has 0 amide bonds. The quantitative estimate of drug-likeness (QED) is 0.685. The molecule has 0 spiro atoms. The minimum absolute atomic E-state index is 0.589. The van der Waals surface area contributed by atoms with Gasteiger partial charge < -0.3 is 15.0 Å². The standard InChI is InChI=1S/C17H25N3O/c1-12-10-16(12)19-17(18-2)20-9-8-14(11-20)13-4-6-15(21-3)7-5-13/h4-7,12,14,16H,8-11H2,1-3H3,(H,18,19). The van der Waals surface area contributed by atoms with Gasteiger partial charge >= 0.3 is 0 Å². The van der Waals surface area contributed by atoms with Crippen LogP contribution in [-0.4, -0.2) is 44.1 Å². The maximum atomic E-state index is 5.23. The van der Waals surface area contributed by atoms with E-state index in [1.54, 1.807) is 7.11 Å². The molecule has 1 N–H and O–H groups in total. The molecule has 1 aliphatic carbocycles. The molecule has 3 rings (SSSR count). The number of likely N-dealkylation sites (tertiary alicyclic amines) is 1. The molecule has 0 radical (unpaired) electrons. The molecule has 1 heterocycles. The van der Waals surface area contributed by atoms with E-state index < -0.39 is 0 Å².